The van der Waals surface area contributed by atoms with Gasteiger partial charge in [0, 0.05) is 30.9 Å². The summed E-state index contributed by atoms with van der Waals surface area (Å²) in [4.78, 5) is 18.3. The molecule has 34 heavy (non-hydrogen) atoms. The molecule has 1 fully saturated rings. The lowest BCUT2D eigenvalue weighted by molar-refractivity contribution is -0.138. The molecule has 0 radical (unpaired) electrons. The van der Waals surface area contributed by atoms with E-state index in [2.05, 4.69) is 10.3 Å². The van der Waals surface area contributed by atoms with Gasteiger partial charge < -0.3 is 14.6 Å². The van der Waals surface area contributed by atoms with Crippen LogP contribution in [-0.4, -0.2) is 30.0 Å². The first-order chi connectivity index (χ1) is 16.0. The van der Waals surface area contributed by atoms with Crippen LogP contribution < -0.4 is 10.2 Å². The van der Waals surface area contributed by atoms with Crippen LogP contribution in [0.3, 0.4) is 0 Å². The molecule has 0 bridgehead atoms. The number of nitrogens with zero attached hydrogens (tertiary/aromatic N) is 2. The topological polar surface area (TPSA) is 58.4 Å². The summed E-state index contributed by atoms with van der Waals surface area (Å²) >= 11 is 0. The number of benzene rings is 1. The Morgan fingerprint density at radius 2 is 1.65 bits per heavy atom. The minimum atomic E-state index is -4.49. The molecule has 11 heteroatoms. The van der Waals surface area contributed by atoms with Gasteiger partial charge >= 0.3 is 12.4 Å². The minimum absolute atomic E-state index is 0.0285. The summed E-state index contributed by atoms with van der Waals surface area (Å²) in [6.07, 6.45) is -7.07. The monoisotopic (exact) mass is 483 g/mol. The summed E-state index contributed by atoms with van der Waals surface area (Å²) in [5.74, 6) is 0.0394. The van der Waals surface area contributed by atoms with Crippen LogP contribution in [0.4, 0.5) is 32.2 Å². The van der Waals surface area contributed by atoms with Crippen molar-refractivity contribution in [3.63, 3.8) is 0 Å². The third kappa shape index (κ3) is 5.35. The number of halogens is 6. The molecule has 1 aliphatic heterocycles. The number of pyridine rings is 1. The maximum absolute atomic E-state index is 12.9. The zero-order valence-corrected chi connectivity index (χ0v) is 17.6. The highest BCUT2D eigenvalue weighted by molar-refractivity contribution is 5.92. The number of nitrogens with one attached hydrogen (secondary N) is 1. The van der Waals surface area contributed by atoms with Crippen LogP contribution in [0.5, 0.6) is 0 Å². The predicted octanol–water partition coefficient (Wildman–Crippen LogP) is 5.78. The molecule has 3 aromatic rings. The van der Waals surface area contributed by atoms with Crippen LogP contribution in [0.15, 0.2) is 59.1 Å². The summed E-state index contributed by atoms with van der Waals surface area (Å²) in [6, 6.07) is 9.56. The van der Waals surface area contributed by atoms with Crippen LogP contribution in [0.2, 0.25) is 0 Å². The van der Waals surface area contributed by atoms with E-state index in [1.54, 1.807) is 0 Å². The van der Waals surface area contributed by atoms with E-state index >= 15 is 0 Å². The summed E-state index contributed by atoms with van der Waals surface area (Å²) in [7, 11) is 0. The van der Waals surface area contributed by atoms with Crippen molar-refractivity contribution >= 4 is 11.7 Å². The average molecular weight is 483 g/mol. The number of alkyl halides is 6. The number of rotatable bonds is 4. The molecule has 0 atom stereocenters. The summed E-state index contributed by atoms with van der Waals surface area (Å²) < 4.78 is 82.3. The van der Waals surface area contributed by atoms with Gasteiger partial charge in [0.05, 0.1) is 11.1 Å². The number of amides is 1. The van der Waals surface area contributed by atoms with Crippen LogP contribution >= 0.6 is 0 Å². The highest BCUT2D eigenvalue weighted by Gasteiger charge is 2.32. The van der Waals surface area contributed by atoms with Gasteiger partial charge in [0.15, 0.2) is 5.76 Å². The van der Waals surface area contributed by atoms with Crippen LogP contribution in [0.25, 0.3) is 11.3 Å². The molecule has 1 aromatic carbocycles. The van der Waals surface area contributed by atoms with Crippen molar-refractivity contribution < 1.29 is 35.6 Å². The fraction of sp³-hybridized carbons (Fsp3) is 0.304. The molecule has 2 aromatic heterocycles. The van der Waals surface area contributed by atoms with E-state index in [9.17, 15) is 31.1 Å². The van der Waals surface area contributed by atoms with E-state index in [4.69, 9.17) is 4.42 Å². The summed E-state index contributed by atoms with van der Waals surface area (Å²) in [5, 5.41) is 2.83. The molecule has 1 saturated heterocycles. The molecule has 0 aliphatic carbocycles. The van der Waals surface area contributed by atoms with Gasteiger partial charge in [-0.2, -0.15) is 26.3 Å². The average Bonchev–Trinajstić information content (AvgIpc) is 3.29. The molecule has 4 rings (SSSR count). The third-order valence-corrected chi connectivity index (χ3v) is 5.53. The van der Waals surface area contributed by atoms with Crippen molar-refractivity contribution in [1.82, 2.24) is 10.3 Å². The first kappa shape index (κ1) is 23.7. The Kier molecular flexibility index (Phi) is 6.28. The van der Waals surface area contributed by atoms with Gasteiger partial charge in [0.2, 0.25) is 0 Å². The maximum Gasteiger partial charge on any atom is 0.417 e. The molecule has 180 valence electrons. The Balaban J connectivity index is 1.34. The zero-order valence-electron chi connectivity index (χ0n) is 17.6. The Morgan fingerprint density at radius 3 is 2.26 bits per heavy atom. The number of furan rings is 1. The lowest BCUT2D eigenvalue weighted by atomic mass is 10.0. The molecule has 0 saturated carbocycles. The highest BCUT2D eigenvalue weighted by atomic mass is 19.4. The zero-order chi connectivity index (χ0) is 24.5. The second-order valence-electron chi connectivity index (χ2n) is 7.88. The van der Waals surface area contributed by atoms with Crippen molar-refractivity contribution in [2.75, 3.05) is 18.0 Å². The van der Waals surface area contributed by atoms with Gasteiger partial charge in [-0.3, -0.25) is 4.79 Å². The van der Waals surface area contributed by atoms with Crippen LogP contribution in [0, 0.1) is 0 Å². The van der Waals surface area contributed by atoms with Crippen molar-refractivity contribution in [1.29, 1.82) is 0 Å². The quantitative estimate of drug-likeness (QED) is 0.478. The van der Waals surface area contributed by atoms with Crippen molar-refractivity contribution in [3.05, 3.63) is 71.6 Å². The van der Waals surface area contributed by atoms with Crippen molar-refractivity contribution in [2.24, 2.45) is 0 Å². The summed E-state index contributed by atoms with van der Waals surface area (Å²) in [6.45, 7) is 0.966. The Labute approximate surface area is 190 Å². The first-order valence-corrected chi connectivity index (χ1v) is 10.4. The number of hydrogen-bond donors (Lipinski definition) is 1. The van der Waals surface area contributed by atoms with Crippen molar-refractivity contribution in [3.8, 4) is 11.3 Å². The van der Waals surface area contributed by atoms with Gasteiger partial charge in [-0.15, -0.1) is 0 Å². The molecule has 3 heterocycles. The second kappa shape index (κ2) is 9.03. The third-order valence-electron chi connectivity index (χ3n) is 5.53. The molecule has 1 aliphatic rings. The molecule has 0 unspecified atom stereocenters. The lowest BCUT2D eigenvalue weighted by Crippen LogP contribution is -2.44. The number of carbonyl (C=O) groups excluding carboxylic acids is 1. The van der Waals surface area contributed by atoms with E-state index in [0.29, 0.717) is 31.7 Å². The van der Waals surface area contributed by atoms with Crippen LogP contribution in [0.1, 0.15) is 34.5 Å². The predicted molar refractivity (Wildman–Crippen MR) is 111 cm³/mol. The number of aromatic nitrogens is 1. The number of hydrogen-bond acceptors (Lipinski definition) is 4. The Hall–Kier alpha value is -3.50. The van der Waals surface area contributed by atoms with Gasteiger partial charge in [0.25, 0.3) is 5.91 Å². The molecular formula is C23H19F6N3O2. The van der Waals surface area contributed by atoms with Gasteiger partial charge in [-0.25, -0.2) is 4.98 Å². The number of piperidine rings is 1. The Bertz CT molecular complexity index is 1150. The molecule has 5 nitrogen and oxygen atoms in total. The number of carbonyl (C=O) groups is 1. The van der Waals surface area contributed by atoms with E-state index in [1.165, 1.54) is 30.3 Å². The number of anilines is 1. The lowest BCUT2D eigenvalue weighted by Gasteiger charge is -2.33. The largest absolute Gasteiger partial charge is 0.451 e. The van der Waals surface area contributed by atoms with E-state index in [-0.39, 0.29) is 23.1 Å². The van der Waals surface area contributed by atoms with Gasteiger partial charge in [-0.1, -0.05) is 12.1 Å². The second-order valence-corrected chi connectivity index (χ2v) is 7.88. The van der Waals surface area contributed by atoms with Gasteiger partial charge in [0.1, 0.15) is 11.6 Å². The van der Waals surface area contributed by atoms with Crippen LogP contribution in [-0.2, 0) is 12.4 Å². The fourth-order valence-electron chi connectivity index (χ4n) is 3.71. The van der Waals surface area contributed by atoms with Gasteiger partial charge in [-0.05, 0) is 49.2 Å². The molecule has 0 spiro atoms. The first-order valence-electron chi connectivity index (χ1n) is 10.4. The van der Waals surface area contributed by atoms with E-state index in [0.717, 1.165) is 24.4 Å². The minimum Gasteiger partial charge on any atom is -0.451 e. The Morgan fingerprint density at radius 1 is 0.941 bits per heavy atom. The smallest absolute Gasteiger partial charge is 0.417 e. The fourth-order valence-corrected chi connectivity index (χ4v) is 3.71. The summed E-state index contributed by atoms with van der Waals surface area (Å²) in [5.41, 5.74) is -1.44. The molecule has 1 N–H and O–H groups in total. The highest BCUT2D eigenvalue weighted by Crippen LogP contribution is 2.33. The molecule has 1 amide bonds. The maximum atomic E-state index is 12.9. The molecular weight excluding hydrogens is 464 g/mol. The normalized spacial score (nSPS) is 15.4. The van der Waals surface area contributed by atoms with Crippen molar-refractivity contribution in [2.45, 2.75) is 31.2 Å². The van der Waals surface area contributed by atoms with E-state index in [1.807, 2.05) is 4.90 Å². The standard InChI is InChI=1S/C23H19F6N3O2/c24-22(25,26)15-3-1-2-14(12-15)18-5-6-19(34-18)21(33)31-17-8-10-32(11-9-17)20-7-4-16(13-30-20)23(27,28)29/h1-7,12-13,17H,8-11H2,(H,31,33). The van der Waals surface area contributed by atoms with E-state index < -0.39 is 29.4 Å². The SMILES string of the molecule is O=C(NC1CCN(c2ccc(C(F)(F)F)cn2)CC1)c1ccc(-c2cccc(C(F)(F)F)c2)o1.